The Bertz CT molecular complexity index is 1700. The molecule has 0 atom stereocenters. The number of nitrogens with zero attached hydrogens (tertiary/aromatic N) is 4. The van der Waals surface area contributed by atoms with Crippen molar-refractivity contribution in [2.75, 3.05) is 5.01 Å². The Morgan fingerprint density at radius 3 is 1.86 bits per heavy atom. The van der Waals surface area contributed by atoms with Crippen LogP contribution in [0.2, 0.25) is 0 Å². The van der Waals surface area contributed by atoms with Crippen LogP contribution in [0.25, 0.3) is 11.8 Å². The molecule has 1 aromatic heterocycles. The molecule has 3 N–H and O–H groups in total. The second-order valence-corrected chi connectivity index (χ2v) is 10.8. The van der Waals surface area contributed by atoms with Crippen LogP contribution in [0.1, 0.15) is 18.2 Å². The number of hydrogen-bond acceptors (Lipinski definition) is 8. The van der Waals surface area contributed by atoms with E-state index in [1.807, 2.05) is 0 Å². The molecule has 2 aromatic carbocycles. The first-order chi connectivity index (χ1) is 17.3. The van der Waals surface area contributed by atoms with E-state index in [2.05, 4.69) is 10.2 Å². The SMILES string of the molecule is CC1=NN(c2ccc(S(=O)(=O)O)cc2)C(=O)C1=CC=Cc1c(C)nn(-c2ccc(S(=O)(=O)O)cc2)c1O. The molecule has 12 nitrogen and oxygen atoms in total. The van der Waals surface area contributed by atoms with Crippen molar-refractivity contribution in [3.8, 4) is 11.6 Å². The van der Waals surface area contributed by atoms with Gasteiger partial charge in [-0.1, -0.05) is 6.08 Å². The van der Waals surface area contributed by atoms with Crippen LogP contribution in [0.3, 0.4) is 0 Å². The van der Waals surface area contributed by atoms with Gasteiger partial charge in [0.1, 0.15) is 0 Å². The zero-order valence-electron chi connectivity index (χ0n) is 19.3. The predicted octanol–water partition coefficient (Wildman–Crippen LogP) is 2.74. The Morgan fingerprint density at radius 2 is 1.35 bits per heavy atom. The molecule has 2 heterocycles. The van der Waals surface area contributed by atoms with E-state index in [-0.39, 0.29) is 21.2 Å². The quantitative estimate of drug-likeness (QED) is 0.311. The van der Waals surface area contributed by atoms with Crippen molar-refractivity contribution in [2.45, 2.75) is 23.6 Å². The Hall–Kier alpha value is -4.11. The van der Waals surface area contributed by atoms with Crippen molar-refractivity contribution >= 4 is 43.6 Å². The first kappa shape index (κ1) is 26.0. The third kappa shape index (κ3) is 5.22. The monoisotopic (exact) mass is 544 g/mol. The van der Waals surface area contributed by atoms with E-state index in [0.29, 0.717) is 28.3 Å². The number of amides is 1. The highest BCUT2D eigenvalue weighted by Crippen LogP contribution is 2.28. The van der Waals surface area contributed by atoms with E-state index < -0.39 is 26.1 Å². The Balaban J connectivity index is 1.56. The highest BCUT2D eigenvalue weighted by molar-refractivity contribution is 7.86. The van der Waals surface area contributed by atoms with Gasteiger partial charge in [-0.2, -0.15) is 32.0 Å². The molecule has 192 valence electrons. The maximum atomic E-state index is 12.9. The van der Waals surface area contributed by atoms with E-state index in [4.69, 9.17) is 9.11 Å². The Labute approximate surface area is 212 Å². The van der Waals surface area contributed by atoms with Gasteiger partial charge in [0.25, 0.3) is 26.1 Å². The standard InChI is InChI=1S/C23H20N4O8S2/c1-14-20(22(28)26(24-14)16-6-10-18(11-7-16)36(30,31)32)4-3-5-21-15(2)25-27(23(21)29)17-8-12-19(13-9-17)37(33,34)35/h3-13,28H,1-2H3,(H,30,31,32)(H,33,34,35). The van der Waals surface area contributed by atoms with Gasteiger partial charge in [0.15, 0.2) is 0 Å². The second-order valence-electron chi connectivity index (χ2n) is 7.91. The number of allylic oxidation sites excluding steroid dienone is 2. The Morgan fingerprint density at radius 1 is 0.838 bits per heavy atom. The molecule has 0 bridgehead atoms. The maximum absolute atomic E-state index is 12.9. The van der Waals surface area contributed by atoms with Crippen LogP contribution in [0.5, 0.6) is 5.88 Å². The molecule has 4 rings (SSSR count). The van der Waals surface area contributed by atoms with Crippen molar-refractivity contribution in [1.82, 2.24) is 9.78 Å². The molecule has 14 heteroatoms. The van der Waals surface area contributed by atoms with Crippen molar-refractivity contribution in [3.63, 3.8) is 0 Å². The van der Waals surface area contributed by atoms with Gasteiger partial charge in [-0.25, -0.2) is 4.68 Å². The highest BCUT2D eigenvalue weighted by Gasteiger charge is 2.28. The first-order valence-corrected chi connectivity index (χ1v) is 13.4. The zero-order chi connectivity index (χ0) is 27.1. The summed E-state index contributed by atoms with van der Waals surface area (Å²) < 4.78 is 64.3. The summed E-state index contributed by atoms with van der Waals surface area (Å²) >= 11 is 0. The fraction of sp³-hybridized carbons (Fsp3) is 0.0870. The number of anilines is 1. The van der Waals surface area contributed by atoms with Crippen LogP contribution in [0, 0.1) is 6.92 Å². The predicted molar refractivity (Wildman–Crippen MR) is 134 cm³/mol. The number of rotatable bonds is 6. The van der Waals surface area contributed by atoms with Crippen molar-refractivity contribution in [2.24, 2.45) is 5.10 Å². The van der Waals surface area contributed by atoms with Gasteiger partial charge in [0.05, 0.1) is 43.7 Å². The number of benzene rings is 2. The molecule has 3 aromatic rings. The molecule has 0 aliphatic carbocycles. The third-order valence-corrected chi connectivity index (χ3v) is 7.16. The highest BCUT2D eigenvalue weighted by atomic mass is 32.2. The smallest absolute Gasteiger partial charge is 0.294 e. The normalized spacial score (nSPS) is 15.7. The summed E-state index contributed by atoms with van der Waals surface area (Å²) in [4.78, 5) is 12.3. The lowest BCUT2D eigenvalue weighted by Crippen LogP contribution is -2.21. The molecule has 0 radical (unpaired) electrons. The van der Waals surface area contributed by atoms with Crippen LogP contribution in [0.15, 0.2) is 81.1 Å². The minimum atomic E-state index is -4.37. The lowest BCUT2D eigenvalue weighted by Gasteiger charge is -2.11. The number of hydrogen-bond donors (Lipinski definition) is 3. The lowest BCUT2D eigenvalue weighted by molar-refractivity contribution is -0.114. The van der Waals surface area contributed by atoms with Crippen LogP contribution in [-0.4, -0.2) is 52.4 Å². The summed E-state index contributed by atoms with van der Waals surface area (Å²) in [5, 5.41) is 20.2. The molecule has 0 spiro atoms. The number of carbonyl (C=O) groups excluding carboxylic acids is 1. The van der Waals surface area contributed by atoms with Crippen LogP contribution in [0.4, 0.5) is 5.69 Å². The minimum absolute atomic E-state index is 0.226. The zero-order valence-corrected chi connectivity index (χ0v) is 21.0. The van der Waals surface area contributed by atoms with Gasteiger partial charge in [-0.3, -0.25) is 13.9 Å². The lowest BCUT2D eigenvalue weighted by atomic mass is 10.1. The molecule has 0 saturated heterocycles. The minimum Gasteiger partial charge on any atom is -0.493 e. The summed E-state index contributed by atoms with van der Waals surface area (Å²) in [6.45, 7) is 3.28. The van der Waals surface area contributed by atoms with E-state index in [9.17, 15) is 26.7 Å². The maximum Gasteiger partial charge on any atom is 0.294 e. The largest absolute Gasteiger partial charge is 0.493 e. The van der Waals surface area contributed by atoms with Crippen LogP contribution >= 0.6 is 0 Å². The van der Waals surface area contributed by atoms with E-state index in [1.165, 1.54) is 59.3 Å². The summed E-state index contributed by atoms with van der Waals surface area (Å²) in [5.41, 5.74) is 2.14. The number of aromatic nitrogens is 2. The third-order valence-electron chi connectivity index (χ3n) is 5.43. The van der Waals surface area contributed by atoms with Crippen LogP contribution in [-0.2, 0) is 25.0 Å². The van der Waals surface area contributed by atoms with Crippen LogP contribution < -0.4 is 5.01 Å². The molecular formula is C23H20N4O8S2. The van der Waals surface area contributed by atoms with Gasteiger partial charge in [0, 0.05) is 0 Å². The number of hydrazone groups is 1. The molecule has 0 saturated carbocycles. The summed E-state index contributed by atoms with van der Waals surface area (Å²) in [7, 11) is -8.73. The second kappa shape index (κ2) is 9.40. The molecule has 0 fully saturated rings. The molecule has 37 heavy (non-hydrogen) atoms. The average Bonchev–Trinajstić information content (AvgIpc) is 3.28. The number of aryl methyl sites for hydroxylation is 1. The summed E-state index contributed by atoms with van der Waals surface area (Å²) in [5.74, 6) is -0.687. The molecule has 0 unspecified atom stereocenters. The summed E-state index contributed by atoms with van der Waals surface area (Å²) in [6, 6.07) is 10.1. The van der Waals surface area contributed by atoms with Gasteiger partial charge >= 0.3 is 0 Å². The van der Waals surface area contributed by atoms with E-state index >= 15 is 0 Å². The number of carbonyl (C=O) groups is 1. The molecule has 1 aliphatic heterocycles. The number of aromatic hydroxyl groups is 1. The fourth-order valence-electron chi connectivity index (χ4n) is 3.55. The van der Waals surface area contributed by atoms with Gasteiger partial charge in [-0.05, 0) is 74.5 Å². The molecule has 1 aliphatic rings. The van der Waals surface area contributed by atoms with Crippen molar-refractivity contribution in [1.29, 1.82) is 0 Å². The van der Waals surface area contributed by atoms with Crippen molar-refractivity contribution < 1.29 is 35.8 Å². The van der Waals surface area contributed by atoms with Gasteiger partial charge < -0.3 is 5.11 Å². The van der Waals surface area contributed by atoms with E-state index in [1.54, 1.807) is 13.8 Å². The molecular weight excluding hydrogens is 524 g/mol. The fourth-order valence-corrected chi connectivity index (χ4v) is 4.51. The van der Waals surface area contributed by atoms with Gasteiger partial charge in [-0.15, -0.1) is 0 Å². The molecule has 1 amide bonds. The van der Waals surface area contributed by atoms with Gasteiger partial charge in [0.2, 0.25) is 5.88 Å². The topological polar surface area (TPSA) is 179 Å². The average molecular weight is 545 g/mol. The first-order valence-electron chi connectivity index (χ1n) is 10.5. The van der Waals surface area contributed by atoms with E-state index in [0.717, 1.165) is 17.1 Å². The summed E-state index contributed by atoms with van der Waals surface area (Å²) in [6.07, 6.45) is 4.58. The van der Waals surface area contributed by atoms with Crippen molar-refractivity contribution in [3.05, 3.63) is 77.5 Å². The Kier molecular flexibility index (Phi) is 6.60.